The van der Waals surface area contributed by atoms with Crippen molar-refractivity contribution >= 4 is 34.5 Å². The van der Waals surface area contributed by atoms with Crippen molar-refractivity contribution in [2.24, 2.45) is 0 Å². The van der Waals surface area contributed by atoms with Crippen LogP contribution in [0.4, 0.5) is 5.69 Å². The third-order valence-corrected chi connectivity index (χ3v) is 6.16. The van der Waals surface area contributed by atoms with Gasteiger partial charge in [0.1, 0.15) is 12.4 Å². The number of benzene rings is 2. The monoisotopic (exact) mass is 448 g/mol. The van der Waals surface area contributed by atoms with Gasteiger partial charge < -0.3 is 19.9 Å². The van der Waals surface area contributed by atoms with Gasteiger partial charge in [0, 0.05) is 32.1 Å². The number of aromatic amines is 1. The van der Waals surface area contributed by atoms with Crippen LogP contribution >= 0.6 is 0 Å². The van der Waals surface area contributed by atoms with Crippen molar-refractivity contribution in [2.45, 2.75) is 38.0 Å². The number of para-hydroxylation sites is 3. The highest BCUT2D eigenvalue weighted by atomic mass is 16.4. The molecule has 0 saturated heterocycles. The van der Waals surface area contributed by atoms with Gasteiger partial charge in [0.2, 0.25) is 11.8 Å². The number of carbonyl (C=O) groups is 3. The normalized spacial score (nSPS) is 15.8. The zero-order chi connectivity index (χ0) is 23.4. The lowest BCUT2D eigenvalue weighted by Gasteiger charge is -2.26. The summed E-state index contributed by atoms with van der Waals surface area (Å²) >= 11 is 0. The first-order valence-corrected chi connectivity index (χ1v) is 11.2. The number of nitrogens with zero attached hydrogens (tertiary/aromatic N) is 3. The summed E-state index contributed by atoms with van der Waals surface area (Å²) in [7, 11) is 1.74. The Morgan fingerprint density at radius 2 is 1.94 bits per heavy atom. The average Bonchev–Trinajstić information content (AvgIpc) is 3.17. The maximum Gasteiger partial charge on any atom is 0.303 e. The molecule has 1 aromatic heterocycles. The molecule has 2 amide bonds. The average molecular weight is 449 g/mol. The number of anilines is 1. The number of likely N-dealkylation sites (N-methyl/N-ethyl adjacent to an activating group) is 1. The first-order chi connectivity index (χ1) is 15.9. The van der Waals surface area contributed by atoms with Gasteiger partial charge in [-0.3, -0.25) is 14.4 Å². The van der Waals surface area contributed by atoms with Crippen LogP contribution in [0.5, 0.6) is 0 Å². The van der Waals surface area contributed by atoms with Crippen LogP contribution in [0.1, 0.15) is 43.0 Å². The molecule has 1 aliphatic heterocycles. The van der Waals surface area contributed by atoms with Crippen molar-refractivity contribution in [3.05, 3.63) is 59.9 Å². The van der Waals surface area contributed by atoms with Crippen molar-refractivity contribution in [1.82, 2.24) is 14.9 Å². The van der Waals surface area contributed by atoms with E-state index in [1.807, 2.05) is 42.5 Å². The molecule has 2 aromatic carbocycles. The van der Waals surface area contributed by atoms with E-state index in [9.17, 15) is 19.5 Å². The lowest BCUT2D eigenvalue weighted by molar-refractivity contribution is -0.137. The van der Waals surface area contributed by atoms with Crippen molar-refractivity contribution < 1.29 is 19.5 Å². The van der Waals surface area contributed by atoms with Crippen LogP contribution in [0, 0.1) is 0 Å². The molecule has 0 fully saturated rings. The SMILES string of the molecule is CN(CCCc1nc2ccccc2[nH]1)C(=O)CN1C(=O)CCC(CC(=O)O)c2ccccc21. The minimum absolute atomic E-state index is 0.0340. The molecule has 4 rings (SSSR count). The van der Waals surface area contributed by atoms with Crippen molar-refractivity contribution in [2.75, 3.05) is 25.0 Å². The minimum Gasteiger partial charge on any atom is -0.481 e. The molecule has 0 radical (unpaired) electrons. The third kappa shape index (κ3) is 5.22. The Balaban J connectivity index is 1.39. The van der Waals surface area contributed by atoms with Crippen molar-refractivity contribution in [1.29, 1.82) is 0 Å². The standard InChI is InChI=1S/C25H28N4O4/c1-28(14-6-11-22-26-19-8-3-4-9-20(19)27-22)24(31)16-29-21-10-5-2-7-18(21)17(15-25(32)33)12-13-23(29)30/h2-5,7-10,17H,6,11-16H2,1H3,(H,26,27)(H,32,33). The van der Waals surface area contributed by atoms with Gasteiger partial charge in [-0.2, -0.15) is 0 Å². The second-order valence-electron chi connectivity index (χ2n) is 8.49. The number of hydrogen-bond donors (Lipinski definition) is 2. The molecule has 3 aromatic rings. The maximum atomic E-state index is 12.9. The summed E-state index contributed by atoms with van der Waals surface area (Å²) in [6, 6.07) is 15.2. The number of fused-ring (bicyclic) bond motifs is 2. The number of amides is 2. The van der Waals surface area contributed by atoms with Crippen LogP contribution in [0.15, 0.2) is 48.5 Å². The lowest BCUT2D eigenvalue weighted by atomic mass is 9.91. The molecule has 33 heavy (non-hydrogen) atoms. The molecule has 1 aliphatic rings. The largest absolute Gasteiger partial charge is 0.481 e. The second-order valence-corrected chi connectivity index (χ2v) is 8.49. The number of carbonyl (C=O) groups excluding carboxylic acids is 2. The van der Waals surface area contributed by atoms with E-state index in [1.165, 1.54) is 4.90 Å². The predicted octanol–water partition coefficient (Wildman–Crippen LogP) is 3.34. The molecule has 0 bridgehead atoms. The molecule has 0 saturated carbocycles. The summed E-state index contributed by atoms with van der Waals surface area (Å²) in [5, 5.41) is 9.27. The van der Waals surface area contributed by atoms with E-state index < -0.39 is 5.97 Å². The second kappa shape index (κ2) is 9.85. The number of aryl methyl sites for hydroxylation is 1. The van der Waals surface area contributed by atoms with Crippen molar-refractivity contribution in [3.63, 3.8) is 0 Å². The Labute approximate surface area is 192 Å². The molecule has 2 N–H and O–H groups in total. The van der Waals surface area contributed by atoms with Gasteiger partial charge in [-0.15, -0.1) is 0 Å². The van der Waals surface area contributed by atoms with Crippen molar-refractivity contribution in [3.8, 4) is 0 Å². The molecule has 8 nitrogen and oxygen atoms in total. The van der Waals surface area contributed by atoms with Crippen LogP contribution in [-0.2, 0) is 20.8 Å². The van der Waals surface area contributed by atoms with Crippen LogP contribution in [0.3, 0.4) is 0 Å². The third-order valence-electron chi connectivity index (χ3n) is 6.16. The van der Waals surface area contributed by atoms with E-state index >= 15 is 0 Å². The van der Waals surface area contributed by atoms with Crippen LogP contribution in [0.25, 0.3) is 11.0 Å². The van der Waals surface area contributed by atoms with E-state index in [1.54, 1.807) is 18.0 Å². The number of rotatable bonds is 8. The van der Waals surface area contributed by atoms with E-state index in [2.05, 4.69) is 9.97 Å². The predicted molar refractivity (Wildman–Crippen MR) is 125 cm³/mol. The summed E-state index contributed by atoms with van der Waals surface area (Å²) in [5.74, 6) is -0.558. The highest BCUT2D eigenvalue weighted by molar-refractivity contribution is 6.00. The number of aromatic nitrogens is 2. The summed E-state index contributed by atoms with van der Waals surface area (Å²) < 4.78 is 0. The van der Waals surface area contributed by atoms with E-state index in [0.717, 1.165) is 28.8 Å². The fourth-order valence-electron chi connectivity index (χ4n) is 4.39. The molecular weight excluding hydrogens is 420 g/mol. The van der Waals surface area contributed by atoms with Gasteiger partial charge in [-0.25, -0.2) is 4.98 Å². The number of imidazole rings is 1. The molecule has 172 valence electrons. The summed E-state index contributed by atoms with van der Waals surface area (Å²) in [6.07, 6.45) is 2.10. The number of aliphatic carboxylic acids is 1. The maximum absolute atomic E-state index is 12.9. The molecule has 8 heteroatoms. The Morgan fingerprint density at radius 1 is 1.18 bits per heavy atom. The van der Waals surface area contributed by atoms with Crippen LogP contribution < -0.4 is 4.90 Å². The molecule has 0 spiro atoms. The lowest BCUT2D eigenvalue weighted by Crippen LogP contribution is -2.41. The minimum atomic E-state index is -0.893. The molecular formula is C25H28N4O4. The Hall–Kier alpha value is -3.68. The van der Waals surface area contributed by atoms with Crippen LogP contribution in [0.2, 0.25) is 0 Å². The Kier molecular flexibility index (Phi) is 6.72. The van der Waals surface area contributed by atoms with E-state index in [4.69, 9.17) is 0 Å². The molecule has 0 aliphatic carbocycles. The fraction of sp³-hybridized carbons (Fsp3) is 0.360. The highest BCUT2D eigenvalue weighted by Crippen LogP contribution is 2.36. The first-order valence-electron chi connectivity index (χ1n) is 11.2. The quantitative estimate of drug-likeness (QED) is 0.550. The van der Waals surface area contributed by atoms with Gasteiger partial charge in [0.05, 0.1) is 17.5 Å². The first kappa shape index (κ1) is 22.5. The Morgan fingerprint density at radius 3 is 2.73 bits per heavy atom. The van der Waals surface area contributed by atoms with Gasteiger partial charge in [0.25, 0.3) is 0 Å². The molecule has 1 atom stereocenters. The number of hydrogen-bond acceptors (Lipinski definition) is 4. The van der Waals surface area contributed by atoms with Gasteiger partial charge in [-0.1, -0.05) is 30.3 Å². The zero-order valence-electron chi connectivity index (χ0n) is 18.7. The zero-order valence-corrected chi connectivity index (χ0v) is 18.7. The fourth-order valence-corrected chi connectivity index (χ4v) is 4.39. The summed E-state index contributed by atoms with van der Waals surface area (Å²) in [6.45, 7) is 0.484. The number of carboxylic acid groups (broad SMARTS) is 1. The smallest absolute Gasteiger partial charge is 0.303 e. The van der Waals surface area contributed by atoms with Gasteiger partial charge in [-0.05, 0) is 42.5 Å². The number of carboxylic acids is 1. The topological polar surface area (TPSA) is 107 Å². The van der Waals surface area contributed by atoms with Crippen LogP contribution in [-0.4, -0.2) is 57.9 Å². The highest BCUT2D eigenvalue weighted by Gasteiger charge is 2.30. The summed E-state index contributed by atoms with van der Waals surface area (Å²) in [4.78, 5) is 48.1. The number of H-pyrrole nitrogens is 1. The van der Waals surface area contributed by atoms with Gasteiger partial charge in [0.15, 0.2) is 0 Å². The molecule has 2 heterocycles. The van der Waals surface area contributed by atoms with E-state index in [0.29, 0.717) is 25.1 Å². The molecule has 1 unspecified atom stereocenters. The Bertz CT molecular complexity index is 1140. The number of nitrogens with one attached hydrogen (secondary N) is 1. The van der Waals surface area contributed by atoms with E-state index in [-0.39, 0.29) is 37.1 Å². The summed E-state index contributed by atoms with van der Waals surface area (Å²) in [5.41, 5.74) is 3.37. The van der Waals surface area contributed by atoms with Gasteiger partial charge >= 0.3 is 5.97 Å².